The van der Waals surface area contributed by atoms with Crippen molar-refractivity contribution in [3.63, 3.8) is 0 Å². The molecule has 0 aliphatic carbocycles. The van der Waals surface area contributed by atoms with Crippen LogP contribution in [0.3, 0.4) is 0 Å². The Morgan fingerprint density at radius 1 is 0.435 bits per heavy atom. The van der Waals surface area contributed by atoms with Crippen LogP contribution >= 0.6 is 0 Å². The normalized spacial score (nSPS) is 10.1. The number of fused-ring (bicyclic) bond motifs is 2. The predicted molar refractivity (Wildman–Crippen MR) is 185 cm³/mol. The minimum Gasteiger partial charge on any atom is -0.304 e. The van der Waals surface area contributed by atoms with Gasteiger partial charge in [-0.1, -0.05) is 60.7 Å². The molecule has 46 heavy (non-hydrogen) atoms. The van der Waals surface area contributed by atoms with Gasteiger partial charge < -0.3 is 15.0 Å². The van der Waals surface area contributed by atoms with E-state index in [1.54, 1.807) is 0 Å². The third kappa shape index (κ3) is 8.05. The van der Waals surface area contributed by atoms with E-state index in [1.165, 1.54) is 27.1 Å². The molecule has 4 heteroatoms. The molecule has 0 radical (unpaired) electrons. The zero-order chi connectivity index (χ0) is 30.7. The smallest absolute Gasteiger partial charge is 0.304 e. The first-order chi connectivity index (χ1) is 22.3. The third-order valence-electron chi connectivity index (χ3n) is 7.17. The summed E-state index contributed by atoms with van der Waals surface area (Å²) in [4.78, 5) is 13.2. The molecule has 0 saturated heterocycles. The van der Waals surface area contributed by atoms with E-state index in [1.807, 2.05) is 141 Å². The number of rotatable bonds is 3. The quantitative estimate of drug-likeness (QED) is 0.168. The first-order valence-electron chi connectivity index (χ1n) is 14.8. The van der Waals surface area contributed by atoms with Gasteiger partial charge in [-0.25, -0.2) is 0 Å². The van der Waals surface area contributed by atoms with Crippen molar-refractivity contribution in [1.29, 1.82) is 0 Å². The average molecular weight is 769 g/mol. The molecule has 3 heterocycles. The molecule has 0 atom stereocenters. The van der Waals surface area contributed by atoms with Gasteiger partial charge in [0.2, 0.25) is 0 Å². The second-order valence-corrected chi connectivity index (χ2v) is 10.3. The standard InChI is InChI=1S/2C15H10N.C12H10N.Ir/c2*1-2-7-13(8-3-1)15-14-9-5-4-6-12(14)10-11-16-15;1-10-7-8-12(13-9-10)11-5-3-2-4-6-11;/h2*1-7,9-11H;2-5,7-9H,1H3;/q3*-1;+3. The fourth-order valence-electron chi connectivity index (χ4n) is 4.93. The molecule has 8 rings (SSSR count). The van der Waals surface area contributed by atoms with E-state index in [0.29, 0.717) is 0 Å². The molecule has 0 unspecified atom stereocenters. The average Bonchev–Trinajstić information content (AvgIpc) is 3.13. The number of hydrogen-bond donors (Lipinski definition) is 0. The van der Waals surface area contributed by atoms with Crippen LogP contribution in [0.15, 0.2) is 164 Å². The van der Waals surface area contributed by atoms with E-state index in [0.717, 1.165) is 33.8 Å². The molecule has 0 aliphatic heterocycles. The van der Waals surface area contributed by atoms with Crippen LogP contribution in [0.4, 0.5) is 0 Å². The molecule has 0 bridgehead atoms. The Balaban J connectivity index is 0.000000135. The predicted octanol–water partition coefficient (Wildman–Crippen LogP) is 10.3. The molecule has 8 aromatic rings. The van der Waals surface area contributed by atoms with Crippen LogP contribution in [0.5, 0.6) is 0 Å². The summed E-state index contributed by atoms with van der Waals surface area (Å²) in [5.74, 6) is 0. The monoisotopic (exact) mass is 769 g/mol. The summed E-state index contributed by atoms with van der Waals surface area (Å²) in [6.07, 6.45) is 5.56. The number of benzene rings is 5. The second kappa shape index (κ2) is 16.2. The summed E-state index contributed by atoms with van der Waals surface area (Å²) in [6, 6.07) is 58.0. The summed E-state index contributed by atoms with van der Waals surface area (Å²) in [5.41, 5.74) is 7.28. The Hall–Kier alpha value is -5.28. The third-order valence-corrected chi connectivity index (χ3v) is 7.17. The SMILES string of the molecule is Cc1ccc(-c2[c-]cccc2)nc1.[Ir+3].[c-]1ccccc1-c1nccc2ccccc12.[c-]1ccccc1-c1nccc2ccccc12. The Morgan fingerprint density at radius 3 is 1.33 bits per heavy atom. The Labute approximate surface area is 284 Å². The molecular weight excluding hydrogens is 739 g/mol. The minimum atomic E-state index is 0. The van der Waals surface area contributed by atoms with Crippen LogP contribution in [0.2, 0.25) is 0 Å². The Morgan fingerprint density at radius 2 is 0.891 bits per heavy atom. The second-order valence-electron chi connectivity index (χ2n) is 10.3. The van der Waals surface area contributed by atoms with Crippen molar-refractivity contribution in [2.75, 3.05) is 0 Å². The fraction of sp³-hybridized carbons (Fsp3) is 0.0238. The van der Waals surface area contributed by atoms with Gasteiger partial charge >= 0.3 is 20.1 Å². The van der Waals surface area contributed by atoms with Gasteiger partial charge in [-0.05, 0) is 63.2 Å². The van der Waals surface area contributed by atoms with Crippen molar-refractivity contribution >= 4 is 21.5 Å². The maximum atomic E-state index is 4.45. The first kappa shape index (κ1) is 32.1. The van der Waals surface area contributed by atoms with Crippen LogP contribution in [0, 0.1) is 25.1 Å². The molecule has 0 spiro atoms. The number of nitrogens with zero attached hydrogens (tertiary/aromatic N) is 3. The number of hydrogen-bond acceptors (Lipinski definition) is 3. The van der Waals surface area contributed by atoms with Gasteiger partial charge in [0.25, 0.3) is 0 Å². The van der Waals surface area contributed by atoms with E-state index < -0.39 is 0 Å². The largest absolute Gasteiger partial charge is 3.00 e. The van der Waals surface area contributed by atoms with Crippen molar-refractivity contribution in [1.82, 2.24) is 15.0 Å². The van der Waals surface area contributed by atoms with Gasteiger partial charge in [-0.15, -0.1) is 108 Å². The summed E-state index contributed by atoms with van der Waals surface area (Å²) >= 11 is 0. The summed E-state index contributed by atoms with van der Waals surface area (Å²) in [6.45, 7) is 2.03. The van der Waals surface area contributed by atoms with Crippen LogP contribution in [-0.2, 0) is 20.1 Å². The Kier molecular flexibility index (Phi) is 11.3. The topological polar surface area (TPSA) is 38.7 Å². The molecule has 5 aromatic carbocycles. The van der Waals surface area contributed by atoms with Crippen LogP contribution in [-0.4, -0.2) is 15.0 Å². The number of pyridine rings is 3. The van der Waals surface area contributed by atoms with Gasteiger partial charge in [0.05, 0.1) is 0 Å². The number of aromatic nitrogens is 3. The van der Waals surface area contributed by atoms with Gasteiger partial charge in [-0.3, -0.25) is 0 Å². The number of aryl methyl sites for hydroxylation is 1. The van der Waals surface area contributed by atoms with E-state index in [-0.39, 0.29) is 20.1 Å². The summed E-state index contributed by atoms with van der Waals surface area (Å²) in [5, 5.41) is 4.77. The fourth-order valence-corrected chi connectivity index (χ4v) is 4.93. The molecule has 0 aliphatic rings. The first-order valence-corrected chi connectivity index (χ1v) is 14.8. The van der Waals surface area contributed by atoms with Crippen molar-refractivity contribution in [3.05, 3.63) is 188 Å². The molecule has 3 aromatic heterocycles. The maximum absolute atomic E-state index is 4.45. The van der Waals surface area contributed by atoms with Gasteiger partial charge in [0.1, 0.15) is 0 Å². The molecule has 0 saturated carbocycles. The van der Waals surface area contributed by atoms with E-state index in [4.69, 9.17) is 0 Å². The van der Waals surface area contributed by atoms with Crippen LogP contribution in [0.1, 0.15) is 5.56 Å². The molecule has 222 valence electrons. The van der Waals surface area contributed by atoms with E-state index >= 15 is 0 Å². The molecular formula is C42H30IrN3. The summed E-state index contributed by atoms with van der Waals surface area (Å²) < 4.78 is 0. The van der Waals surface area contributed by atoms with Gasteiger partial charge in [0.15, 0.2) is 0 Å². The van der Waals surface area contributed by atoms with E-state index in [9.17, 15) is 0 Å². The van der Waals surface area contributed by atoms with Gasteiger partial charge in [-0.2, -0.15) is 0 Å². The summed E-state index contributed by atoms with van der Waals surface area (Å²) in [7, 11) is 0. The van der Waals surface area contributed by atoms with E-state index in [2.05, 4.69) is 63.5 Å². The molecule has 0 fully saturated rings. The maximum Gasteiger partial charge on any atom is 3.00 e. The van der Waals surface area contributed by atoms with Gasteiger partial charge in [0, 0.05) is 18.6 Å². The molecule has 3 nitrogen and oxygen atoms in total. The zero-order valence-electron chi connectivity index (χ0n) is 25.3. The van der Waals surface area contributed by atoms with Crippen LogP contribution < -0.4 is 0 Å². The Bertz CT molecular complexity index is 1970. The van der Waals surface area contributed by atoms with Crippen molar-refractivity contribution in [3.8, 4) is 33.8 Å². The zero-order valence-corrected chi connectivity index (χ0v) is 27.7. The molecule has 0 N–H and O–H groups in total. The minimum absolute atomic E-state index is 0. The van der Waals surface area contributed by atoms with Crippen molar-refractivity contribution in [2.24, 2.45) is 0 Å². The van der Waals surface area contributed by atoms with Crippen molar-refractivity contribution in [2.45, 2.75) is 6.92 Å². The molecule has 0 amide bonds. The van der Waals surface area contributed by atoms with Crippen LogP contribution in [0.25, 0.3) is 55.3 Å². The van der Waals surface area contributed by atoms with Crippen molar-refractivity contribution < 1.29 is 20.1 Å².